The highest BCUT2D eigenvalue weighted by Crippen LogP contribution is 2.32. The van der Waals surface area contributed by atoms with Crippen molar-refractivity contribution in [2.45, 2.75) is 40.2 Å². The van der Waals surface area contributed by atoms with Gasteiger partial charge in [-0.2, -0.15) is 0 Å². The zero-order chi connectivity index (χ0) is 12.3. The summed E-state index contributed by atoms with van der Waals surface area (Å²) in [6.45, 7) is 8.86. The fourth-order valence-corrected chi connectivity index (χ4v) is 1.58. The van der Waals surface area contributed by atoms with Gasteiger partial charge in [-0.15, -0.1) is 0 Å². The summed E-state index contributed by atoms with van der Waals surface area (Å²) in [5.41, 5.74) is 7.39. The Balaban J connectivity index is 2.65. The molecule has 0 spiro atoms. The first kappa shape index (κ1) is 13.2. The van der Waals surface area contributed by atoms with Gasteiger partial charge in [0.15, 0.2) is 0 Å². The third-order valence-electron chi connectivity index (χ3n) is 3.38. The molecule has 0 saturated heterocycles. The van der Waals surface area contributed by atoms with Crippen LogP contribution in [-0.2, 0) is 0 Å². The Morgan fingerprint density at radius 2 is 1.69 bits per heavy atom. The van der Waals surface area contributed by atoms with E-state index in [1.165, 1.54) is 12.1 Å². The number of hydrogen-bond donors (Lipinski definition) is 1. The van der Waals surface area contributed by atoms with E-state index >= 15 is 0 Å². The van der Waals surface area contributed by atoms with E-state index < -0.39 is 0 Å². The van der Waals surface area contributed by atoms with Crippen molar-refractivity contribution in [2.24, 2.45) is 17.1 Å². The fourth-order valence-electron chi connectivity index (χ4n) is 1.58. The van der Waals surface area contributed by atoms with Crippen molar-refractivity contribution in [3.63, 3.8) is 0 Å². The molecule has 0 heterocycles. The van der Waals surface area contributed by atoms with Crippen LogP contribution in [0.5, 0.6) is 0 Å². The molecule has 1 aromatic rings. The van der Waals surface area contributed by atoms with E-state index in [4.69, 9.17) is 5.73 Å². The molecule has 2 heteroatoms. The van der Waals surface area contributed by atoms with E-state index in [0.717, 1.165) is 12.0 Å². The summed E-state index contributed by atoms with van der Waals surface area (Å²) in [4.78, 5) is 0. The Kier molecular flexibility index (Phi) is 4.09. The molecule has 1 nitrogen and oxygen atoms in total. The first-order valence-corrected chi connectivity index (χ1v) is 5.81. The molecule has 0 bridgehead atoms. The molecule has 0 fully saturated rings. The molecule has 0 radical (unpaired) electrons. The summed E-state index contributed by atoms with van der Waals surface area (Å²) >= 11 is 0. The van der Waals surface area contributed by atoms with E-state index in [1.807, 2.05) is 0 Å². The van der Waals surface area contributed by atoms with Gasteiger partial charge in [0.05, 0.1) is 0 Å². The molecule has 0 saturated carbocycles. The topological polar surface area (TPSA) is 26.0 Å². The minimum absolute atomic E-state index is 0.00479. The van der Waals surface area contributed by atoms with Crippen LogP contribution in [0.2, 0.25) is 0 Å². The highest BCUT2D eigenvalue weighted by molar-refractivity contribution is 5.19. The molecule has 0 aromatic heterocycles. The van der Waals surface area contributed by atoms with Crippen LogP contribution in [0.1, 0.15) is 45.7 Å². The minimum atomic E-state index is -0.209. The van der Waals surface area contributed by atoms with Crippen molar-refractivity contribution in [1.82, 2.24) is 0 Å². The zero-order valence-corrected chi connectivity index (χ0v) is 10.6. The van der Waals surface area contributed by atoms with Crippen molar-refractivity contribution in [3.05, 3.63) is 35.6 Å². The predicted octanol–water partition coefficient (Wildman–Crippen LogP) is 3.90. The van der Waals surface area contributed by atoms with Gasteiger partial charge in [-0.3, -0.25) is 0 Å². The van der Waals surface area contributed by atoms with Crippen molar-refractivity contribution in [3.8, 4) is 0 Å². The van der Waals surface area contributed by atoms with Crippen LogP contribution in [0.4, 0.5) is 4.39 Å². The number of rotatable bonds is 3. The first-order valence-electron chi connectivity index (χ1n) is 5.81. The number of nitrogens with two attached hydrogens (primary N) is 1. The van der Waals surface area contributed by atoms with Crippen molar-refractivity contribution in [2.75, 3.05) is 0 Å². The van der Waals surface area contributed by atoms with E-state index in [2.05, 4.69) is 27.7 Å². The average Bonchev–Trinajstić information content (AvgIpc) is 2.17. The molecule has 1 rings (SSSR count). The lowest BCUT2D eigenvalue weighted by atomic mass is 9.78. The summed E-state index contributed by atoms with van der Waals surface area (Å²) in [7, 11) is 0. The summed E-state index contributed by atoms with van der Waals surface area (Å²) in [5.74, 6) is 0.326. The first-order chi connectivity index (χ1) is 7.30. The molecule has 2 N–H and O–H groups in total. The van der Waals surface area contributed by atoms with E-state index in [-0.39, 0.29) is 17.3 Å². The van der Waals surface area contributed by atoms with E-state index in [0.29, 0.717) is 5.92 Å². The fraction of sp³-hybridized carbons (Fsp3) is 0.571. The number of hydrogen-bond acceptors (Lipinski definition) is 1. The second-order valence-electron chi connectivity index (χ2n) is 5.66. The van der Waals surface area contributed by atoms with Crippen molar-refractivity contribution in [1.29, 1.82) is 0 Å². The van der Waals surface area contributed by atoms with Crippen LogP contribution in [0.25, 0.3) is 0 Å². The molecule has 0 aliphatic carbocycles. The monoisotopic (exact) mass is 223 g/mol. The van der Waals surface area contributed by atoms with Crippen LogP contribution in [0.3, 0.4) is 0 Å². The molecule has 0 aliphatic heterocycles. The Labute approximate surface area is 97.9 Å². The maximum absolute atomic E-state index is 12.8. The lowest BCUT2D eigenvalue weighted by Crippen LogP contribution is -2.23. The smallest absolute Gasteiger partial charge is 0.123 e. The van der Waals surface area contributed by atoms with E-state index in [1.54, 1.807) is 12.1 Å². The zero-order valence-electron chi connectivity index (χ0n) is 10.6. The Bertz CT molecular complexity index is 324. The van der Waals surface area contributed by atoms with Gasteiger partial charge in [0.2, 0.25) is 0 Å². The molecular weight excluding hydrogens is 201 g/mol. The molecular formula is C14H22FN. The second kappa shape index (κ2) is 4.96. The summed E-state index contributed by atoms with van der Waals surface area (Å²) in [6, 6.07) is 6.48. The quantitative estimate of drug-likeness (QED) is 0.826. The van der Waals surface area contributed by atoms with Crippen molar-refractivity contribution >= 4 is 0 Å². The molecule has 0 amide bonds. The third kappa shape index (κ3) is 3.60. The SMILES string of the molecule is CC(CC(N)c1ccc(F)cc1)C(C)(C)C. The van der Waals surface area contributed by atoms with Gasteiger partial charge in [0.25, 0.3) is 0 Å². The molecule has 90 valence electrons. The Morgan fingerprint density at radius 3 is 2.12 bits per heavy atom. The number of benzene rings is 1. The van der Waals surface area contributed by atoms with Gasteiger partial charge in [-0.1, -0.05) is 39.8 Å². The van der Waals surface area contributed by atoms with Gasteiger partial charge in [-0.25, -0.2) is 4.39 Å². The Morgan fingerprint density at radius 1 is 1.19 bits per heavy atom. The lowest BCUT2D eigenvalue weighted by molar-refractivity contribution is 0.234. The highest BCUT2D eigenvalue weighted by atomic mass is 19.1. The van der Waals surface area contributed by atoms with E-state index in [9.17, 15) is 4.39 Å². The predicted molar refractivity (Wildman–Crippen MR) is 66.6 cm³/mol. The van der Waals surface area contributed by atoms with Crippen molar-refractivity contribution < 1.29 is 4.39 Å². The lowest BCUT2D eigenvalue weighted by Gasteiger charge is -2.29. The largest absolute Gasteiger partial charge is 0.324 e. The summed E-state index contributed by atoms with van der Waals surface area (Å²) < 4.78 is 12.8. The summed E-state index contributed by atoms with van der Waals surface area (Å²) in [5, 5.41) is 0. The average molecular weight is 223 g/mol. The van der Waals surface area contributed by atoms with Crippen LogP contribution in [0.15, 0.2) is 24.3 Å². The van der Waals surface area contributed by atoms with Crippen LogP contribution in [-0.4, -0.2) is 0 Å². The third-order valence-corrected chi connectivity index (χ3v) is 3.38. The van der Waals surface area contributed by atoms with Crippen LogP contribution < -0.4 is 5.73 Å². The van der Waals surface area contributed by atoms with Crippen LogP contribution in [0, 0.1) is 17.2 Å². The molecule has 1 aromatic carbocycles. The standard InChI is InChI=1S/C14H22FN/c1-10(14(2,3)4)9-13(16)11-5-7-12(15)8-6-11/h5-8,10,13H,9,16H2,1-4H3. The van der Waals surface area contributed by atoms with Gasteiger partial charge in [-0.05, 0) is 35.4 Å². The van der Waals surface area contributed by atoms with Gasteiger partial charge >= 0.3 is 0 Å². The molecule has 2 unspecified atom stereocenters. The molecule has 0 aliphatic rings. The maximum atomic E-state index is 12.8. The molecule has 2 atom stereocenters. The van der Waals surface area contributed by atoms with Gasteiger partial charge < -0.3 is 5.73 Å². The van der Waals surface area contributed by atoms with Gasteiger partial charge in [0.1, 0.15) is 5.82 Å². The minimum Gasteiger partial charge on any atom is -0.324 e. The molecule has 16 heavy (non-hydrogen) atoms. The summed E-state index contributed by atoms with van der Waals surface area (Å²) in [6.07, 6.45) is 0.926. The second-order valence-corrected chi connectivity index (χ2v) is 5.66. The van der Waals surface area contributed by atoms with Crippen LogP contribution >= 0.6 is 0 Å². The number of halogens is 1. The van der Waals surface area contributed by atoms with Gasteiger partial charge in [0, 0.05) is 6.04 Å². The maximum Gasteiger partial charge on any atom is 0.123 e. The highest BCUT2D eigenvalue weighted by Gasteiger charge is 2.22. The Hall–Kier alpha value is -0.890. The normalized spacial score (nSPS) is 15.9.